The maximum atomic E-state index is 15.4. The first kappa shape index (κ1) is 74.0. The Labute approximate surface area is 480 Å². The Balaban J connectivity index is 0.000000427. The summed E-state index contributed by atoms with van der Waals surface area (Å²) >= 11 is 0. The highest BCUT2D eigenvalue weighted by atomic mass is 31.2. The van der Waals surface area contributed by atoms with Gasteiger partial charge in [-0.1, -0.05) is 64.1 Å². The molecule has 5 aromatic rings. The number of hydrogen-bond acceptors (Lipinski definition) is 19. The molecule has 2 aliphatic rings. The van der Waals surface area contributed by atoms with Crippen LogP contribution in [0.5, 0.6) is 17.2 Å². The molecule has 0 bridgehead atoms. The summed E-state index contributed by atoms with van der Waals surface area (Å²) in [5.41, 5.74) is -7.67. The van der Waals surface area contributed by atoms with Crippen molar-refractivity contribution in [2.24, 2.45) is 11.8 Å². The van der Waals surface area contributed by atoms with Gasteiger partial charge in [-0.2, -0.15) is 33.0 Å². The second-order valence-corrected chi connectivity index (χ2v) is 22.4. The average molecular weight is 1250 g/mol. The van der Waals surface area contributed by atoms with E-state index < -0.39 is 140 Å². The van der Waals surface area contributed by atoms with Crippen LogP contribution in [0.2, 0.25) is 0 Å². The van der Waals surface area contributed by atoms with Gasteiger partial charge in [0.25, 0.3) is 11.1 Å². The van der Waals surface area contributed by atoms with Gasteiger partial charge >= 0.3 is 39.2 Å². The van der Waals surface area contributed by atoms with Gasteiger partial charge in [-0.15, -0.1) is 0 Å². The van der Waals surface area contributed by atoms with Crippen LogP contribution in [-0.2, 0) is 42.3 Å². The number of aromatic amines is 2. The van der Waals surface area contributed by atoms with Crippen molar-refractivity contribution in [2.45, 2.75) is 116 Å². The zero-order valence-electron chi connectivity index (χ0n) is 46.2. The minimum absolute atomic E-state index is 0. The lowest BCUT2D eigenvalue weighted by Gasteiger charge is -2.27. The maximum absolute atomic E-state index is 15.4. The van der Waals surface area contributed by atoms with Gasteiger partial charge in [-0.05, 0) is 63.8 Å². The number of H-pyrrole nitrogens is 2. The normalized spacial score (nSPS) is 23.3. The average Bonchev–Trinajstić information content (AvgIpc) is 2.88. The van der Waals surface area contributed by atoms with Gasteiger partial charge in [-0.3, -0.25) is 33.2 Å². The molecule has 2 aromatic heterocycles. The number of nitrogens with one attached hydrogen (secondary N) is 4. The molecule has 7 N–H and O–H groups in total. The van der Waals surface area contributed by atoms with Crippen molar-refractivity contribution in [2.75, 3.05) is 13.2 Å². The summed E-state index contributed by atoms with van der Waals surface area (Å²) in [5.74, 6) is -12.7. The number of aromatic nitrogens is 4. The van der Waals surface area contributed by atoms with E-state index in [1.54, 1.807) is 57.2 Å². The number of alkyl halides is 2. The van der Waals surface area contributed by atoms with Crippen molar-refractivity contribution >= 4 is 36.2 Å². The van der Waals surface area contributed by atoms with E-state index in [1.165, 1.54) is 24.3 Å². The van der Waals surface area contributed by atoms with Crippen LogP contribution in [0.1, 0.15) is 67.8 Å². The quantitative estimate of drug-likeness (QED) is 0.0201. The number of nitrogens with zero attached hydrogens (tertiary/aromatic N) is 2. The van der Waals surface area contributed by atoms with Gasteiger partial charge in [0.1, 0.15) is 35.9 Å². The molecule has 3 radical (unpaired) electrons. The Morgan fingerprint density at radius 2 is 0.941 bits per heavy atom. The number of halogens is 7. The Bertz CT molecular complexity index is 3350. The molecule has 4 heterocycles. The first-order valence-electron chi connectivity index (χ1n) is 24.6. The van der Waals surface area contributed by atoms with E-state index in [1.807, 2.05) is 30.7 Å². The highest BCUT2D eigenvalue weighted by molar-refractivity contribution is 7.52. The monoisotopic (exact) mass is 1250 g/mol. The van der Waals surface area contributed by atoms with E-state index in [0.717, 1.165) is 47.5 Å². The molecule has 25 nitrogen and oxygen atoms in total. The fourth-order valence-electron chi connectivity index (χ4n) is 7.09. The van der Waals surface area contributed by atoms with Crippen molar-refractivity contribution in [3.63, 3.8) is 0 Å². The van der Waals surface area contributed by atoms with E-state index >= 15 is 4.39 Å². The van der Waals surface area contributed by atoms with Gasteiger partial charge in [0.15, 0.2) is 23.8 Å². The second-order valence-electron chi connectivity index (χ2n) is 19.0. The summed E-state index contributed by atoms with van der Waals surface area (Å²) in [6.45, 7) is 11.8. The topological polar surface area (TPSA) is 352 Å². The first-order valence-corrected chi connectivity index (χ1v) is 27.7. The lowest BCUT2D eigenvalue weighted by Crippen LogP contribution is -2.43. The number of hydrogen-bond donors (Lipinski definition) is 7. The minimum Gasteiger partial charge on any atom is -0.413 e. The van der Waals surface area contributed by atoms with Crippen LogP contribution in [0, 0.1) is 40.9 Å². The summed E-state index contributed by atoms with van der Waals surface area (Å²) in [5, 5.41) is 34.4. The fourth-order valence-corrected chi connectivity index (χ4v) is 10.6. The predicted octanol–water partition coefficient (Wildman–Crippen LogP) is 4.91. The molecule has 0 aliphatic carbocycles. The fraction of sp³-hybridized carbons (Fsp3) is 0.440. The van der Waals surface area contributed by atoms with Crippen molar-refractivity contribution in [1.82, 2.24) is 29.3 Å². The molecule has 35 heteroatoms. The van der Waals surface area contributed by atoms with Gasteiger partial charge in [0, 0.05) is 45.0 Å². The molecule has 2 fully saturated rings. The molecule has 85 heavy (non-hydrogen) atoms. The molecule has 3 aromatic carbocycles. The van der Waals surface area contributed by atoms with Crippen molar-refractivity contribution in [3.8, 4) is 17.2 Å². The lowest BCUT2D eigenvalue weighted by molar-refractivity contribution is -0.193. The van der Waals surface area contributed by atoms with E-state index in [-0.39, 0.29) is 44.3 Å². The number of aliphatic hydroxyl groups excluding tert-OH is 3. The van der Waals surface area contributed by atoms with E-state index in [4.69, 9.17) is 51.9 Å². The van der Waals surface area contributed by atoms with Crippen molar-refractivity contribution in [1.29, 1.82) is 0 Å². The summed E-state index contributed by atoms with van der Waals surface area (Å²) in [6, 6.07) is 17.1. The lowest BCUT2D eigenvalue weighted by atomic mass is 9.98. The maximum Gasteiger partial charge on any atom is 0.513 e. The molecule has 7 rings (SSSR count). The summed E-state index contributed by atoms with van der Waals surface area (Å²) in [6.07, 6.45) is -5.96. The van der Waals surface area contributed by atoms with Crippen LogP contribution in [-0.4, -0.2) is 116 Å². The van der Waals surface area contributed by atoms with Crippen LogP contribution >= 0.6 is 15.5 Å². The van der Waals surface area contributed by atoms with E-state index in [0.29, 0.717) is 5.75 Å². The smallest absolute Gasteiger partial charge is 0.413 e. The standard InChI is InChI=1S/C21H29FN3O7P.C17H17F5NO3P.C10H13FN2O5.2CO2.B/c1-13(2)14(3)24-33(29,32-15-8-6-5-7-9-15)30-12-16-18(27)21(4,22)19(31-16)25-11-10-17(26)23-20(25)28;1-9(2)10(3)23-27(24,25-11-7-5-4-6-8-11)26-17-15(21)13(19)12(18)14(20)16(17)22;1-10(11)7(16)5(4-14)18-8(10)13-3-2-6(15)12-9(13)17;2*2-1-3;/h5-11,13-14,16,18-19,27H,12H2,1-4H3,(H,24,29)(H,23,26,28);4-10H,1-3H3,(H,23,24);2-3,5,7-8,14,16H,4H2,1H3,(H,12,15,17);;;/t14-,16+,18+,19+,21+,33-;10-,27?;5-,7-,8-,10-;;;/m001.../s1. The molecule has 0 spiro atoms. The van der Waals surface area contributed by atoms with Crippen LogP contribution in [0.3, 0.4) is 0 Å². The Morgan fingerprint density at radius 3 is 1.29 bits per heavy atom. The number of rotatable bonds is 18. The highest BCUT2D eigenvalue weighted by Gasteiger charge is 2.57. The molecule has 1 unspecified atom stereocenters. The van der Waals surface area contributed by atoms with Gasteiger partial charge in [0.05, 0.1) is 13.2 Å². The van der Waals surface area contributed by atoms with Crippen LogP contribution in [0.4, 0.5) is 30.7 Å². The third kappa shape index (κ3) is 19.7. The Kier molecular flexibility index (Phi) is 28.2. The Hall–Kier alpha value is -7.11. The number of aliphatic hydroxyl groups is 3. The number of para-hydroxylation sites is 2. The van der Waals surface area contributed by atoms with Crippen LogP contribution in [0.15, 0.2) is 104 Å². The molecule has 0 amide bonds. The van der Waals surface area contributed by atoms with Gasteiger partial charge in [0.2, 0.25) is 34.8 Å². The van der Waals surface area contributed by atoms with Gasteiger partial charge in [-0.25, -0.2) is 45.8 Å². The Morgan fingerprint density at radius 1 is 0.600 bits per heavy atom. The van der Waals surface area contributed by atoms with Gasteiger partial charge < -0.3 is 38.4 Å². The van der Waals surface area contributed by atoms with Crippen molar-refractivity contribution in [3.05, 3.63) is 156 Å². The summed E-state index contributed by atoms with van der Waals surface area (Å²) in [4.78, 5) is 82.4. The molecule has 465 valence electrons. The highest BCUT2D eigenvalue weighted by Crippen LogP contribution is 2.50. The zero-order chi connectivity index (χ0) is 63.7. The second kappa shape index (κ2) is 32.4. The van der Waals surface area contributed by atoms with E-state index in [2.05, 4.69) is 10.2 Å². The molecule has 2 saturated heterocycles. The molecule has 2 aliphatic heterocycles. The predicted molar refractivity (Wildman–Crippen MR) is 281 cm³/mol. The number of ether oxygens (including phenoxy) is 2. The third-order valence-electron chi connectivity index (χ3n) is 12.3. The van der Waals surface area contributed by atoms with Crippen LogP contribution < -0.4 is 46.2 Å². The van der Waals surface area contributed by atoms with Crippen molar-refractivity contribution < 1.29 is 102 Å². The SMILES string of the molecule is CC(C)[C@H](C)NP(=O)(Oc1ccccc1)Oc1c(F)c(F)c(F)c(F)c1F.CC(C)[C@H](C)N[P@](=O)(OC[C@H]1O[C@@H](n2ccc(=O)[nH]c2=O)[C@](C)(F)[C@@H]1O)Oc1ccccc1.C[C@@]1(F)[C@H](O)[C@@H](CO)O[C@H]1n1ccc(=O)[nH]c1=O.O=C=O.O=C=O.[B]. The third-order valence-corrected chi connectivity index (χ3v) is 15.5. The number of carbonyl (C=O) groups excluding carboxylic acids is 4. The summed E-state index contributed by atoms with van der Waals surface area (Å²) in [7, 11) is -8.53. The first-order chi connectivity index (χ1) is 39.2. The molecular weight excluding hydrogens is 1190 g/mol. The molecule has 12 atom stereocenters. The van der Waals surface area contributed by atoms with E-state index in [9.17, 15) is 64.9 Å². The number of benzene rings is 3. The summed E-state index contributed by atoms with van der Waals surface area (Å²) < 4.78 is 158. The minimum atomic E-state index is -4.57. The zero-order valence-corrected chi connectivity index (χ0v) is 47.9. The molecular formula is C50H59BF7N6O19P2. The van der Waals surface area contributed by atoms with Crippen LogP contribution in [0.25, 0.3) is 0 Å². The largest absolute Gasteiger partial charge is 0.513 e. The molecule has 0 saturated carbocycles.